The molecule has 0 radical (unpaired) electrons. The second-order valence-corrected chi connectivity index (χ2v) is 5.57. The van der Waals surface area contributed by atoms with Crippen LogP contribution in [0.1, 0.15) is 45.4 Å². The van der Waals surface area contributed by atoms with Crippen molar-refractivity contribution in [3.63, 3.8) is 0 Å². The Labute approximate surface area is 103 Å². The van der Waals surface area contributed by atoms with Crippen LogP contribution in [-0.4, -0.2) is 35.7 Å². The summed E-state index contributed by atoms with van der Waals surface area (Å²) in [7, 11) is 0. The first-order valence-corrected chi connectivity index (χ1v) is 6.88. The molecule has 0 aromatic heterocycles. The van der Waals surface area contributed by atoms with Gasteiger partial charge >= 0.3 is 0 Å². The Morgan fingerprint density at radius 1 is 1.29 bits per heavy atom. The third-order valence-electron chi connectivity index (χ3n) is 4.10. The molecule has 4 heteroatoms. The maximum atomic E-state index is 12.0. The molecule has 4 nitrogen and oxygen atoms in total. The van der Waals surface area contributed by atoms with Gasteiger partial charge in [0.15, 0.2) is 0 Å². The van der Waals surface area contributed by atoms with Crippen LogP contribution < -0.4 is 10.6 Å². The minimum Gasteiger partial charge on any atom is -0.393 e. The quantitative estimate of drug-likeness (QED) is 0.669. The average molecular weight is 240 g/mol. The zero-order chi connectivity index (χ0) is 12.3. The zero-order valence-corrected chi connectivity index (χ0v) is 10.6. The highest BCUT2D eigenvalue weighted by molar-refractivity contribution is 5.82. The lowest BCUT2D eigenvalue weighted by molar-refractivity contribution is -0.125. The normalized spacial score (nSPS) is 38.7. The fraction of sp³-hybridized carbons (Fsp3) is 0.923. The lowest BCUT2D eigenvalue weighted by atomic mass is 9.84. The molecule has 0 aromatic rings. The van der Waals surface area contributed by atoms with Crippen LogP contribution in [0.15, 0.2) is 0 Å². The van der Waals surface area contributed by atoms with Gasteiger partial charge in [-0.2, -0.15) is 0 Å². The number of carbonyl (C=O) groups is 1. The van der Waals surface area contributed by atoms with E-state index in [9.17, 15) is 9.90 Å². The van der Waals surface area contributed by atoms with Gasteiger partial charge in [0.25, 0.3) is 0 Å². The number of aliphatic hydroxyl groups is 1. The molecule has 1 saturated carbocycles. The molecule has 0 bridgehead atoms. The van der Waals surface area contributed by atoms with Gasteiger partial charge in [-0.15, -0.1) is 0 Å². The van der Waals surface area contributed by atoms with Crippen LogP contribution in [0, 0.1) is 5.92 Å². The Bertz CT molecular complexity index is 264. The zero-order valence-electron chi connectivity index (χ0n) is 10.6. The van der Waals surface area contributed by atoms with Crippen molar-refractivity contribution in [1.82, 2.24) is 10.6 Å². The van der Waals surface area contributed by atoms with Gasteiger partial charge in [-0.1, -0.05) is 13.3 Å². The van der Waals surface area contributed by atoms with Crippen molar-refractivity contribution >= 4 is 5.91 Å². The van der Waals surface area contributed by atoms with E-state index in [0.29, 0.717) is 5.92 Å². The first-order valence-electron chi connectivity index (χ1n) is 6.88. The fourth-order valence-corrected chi connectivity index (χ4v) is 2.89. The molecule has 1 heterocycles. The number of nitrogens with one attached hydrogen (secondary N) is 2. The van der Waals surface area contributed by atoms with E-state index in [1.807, 2.05) is 0 Å². The predicted octanol–water partition coefficient (Wildman–Crippen LogP) is 0.794. The molecule has 0 spiro atoms. The molecule has 2 fully saturated rings. The Morgan fingerprint density at radius 3 is 2.76 bits per heavy atom. The Hall–Kier alpha value is -0.610. The van der Waals surface area contributed by atoms with Crippen LogP contribution in [-0.2, 0) is 4.79 Å². The third-order valence-corrected chi connectivity index (χ3v) is 4.10. The van der Waals surface area contributed by atoms with Crippen LogP contribution >= 0.6 is 0 Å². The second-order valence-electron chi connectivity index (χ2n) is 5.57. The van der Waals surface area contributed by atoms with Crippen molar-refractivity contribution in [3.8, 4) is 0 Å². The number of carbonyl (C=O) groups excluding carboxylic acids is 1. The molecular weight excluding hydrogens is 216 g/mol. The van der Waals surface area contributed by atoms with E-state index in [1.54, 1.807) is 0 Å². The topological polar surface area (TPSA) is 61.4 Å². The monoisotopic (exact) mass is 240 g/mol. The number of rotatable bonds is 2. The summed E-state index contributed by atoms with van der Waals surface area (Å²) in [5.41, 5.74) is 0. The first-order chi connectivity index (χ1) is 8.16. The molecule has 1 amide bonds. The van der Waals surface area contributed by atoms with Gasteiger partial charge in [0.05, 0.1) is 12.1 Å². The molecule has 4 atom stereocenters. The number of piperidine rings is 1. The molecule has 0 unspecified atom stereocenters. The molecule has 3 N–H and O–H groups in total. The molecule has 1 aliphatic heterocycles. The Balaban J connectivity index is 1.78. The lowest BCUT2D eigenvalue weighted by Gasteiger charge is -2.33. The van der Waals surface area contributed by atoms with Gasteiger partial charge in [-0.3, -0.25) is 4.79 Å². The van der Waals surface area contributed by atoms with Crippen molar-refractivity contribution in [2.75, 3.05) is 6.54 Å². The van der Waals surface area contributed by atoms with Gasteiger partial charge in [0, 0.05) is 6.04 Å². The number of amides is 1. The van der Waals surface area contributed by atoms with Crippen LogP contribution in [0.2, 0.25) is 0 Å². The standard InChI is InChI=1S/C13H24N2O2/c1-9-8-10(5-6-12(9)16)15-13(17)11-4-2-3-7-14-11/h9-12,14,16H,2-8H2,1H3,(H,15,17)/t9-,10-,11+,12-/m0/s1. The maximum Gasteiger partial charge on any atom is 0.237 e. The first kappa shape index (κ1) is 12.8. The highest BCUT2D eigenvalue weighted by Crippen LogP contribution is 2.24. The van der Waals surface area contributed by atoms with Gasteiger partial charge in [0.2, 0.25) is 5.91 Å². The van der Waals surface area contributed by atoms with Crippen molar-refractivity contribution < 1.29 is 9.90 Å². The van der Waals surface area contributed by atoms with Gasteiger partial charge in [-0.05, 0) is 44.6 Å². The van der Waals surface area contributed by atoms with Gasteiger partial charge in [0.1, 0.15) is 0 Å². The van der Waals surface area contributed by atoms with Crippen molar-refractivity contribution in [3.05, 3.63) is 0 Å². The maximum absolute atomic E-state index is 12.0. The summed E-state index contributed by atoms with van der Waals surface area (Å²) >= 11 is 0. The van der Waals surface area contributed by atoms with E-state index in [4.69, 9.17) is 0 Å². The highest BCUT2D eigenvalue weighted by atomic mass is 16.3. The van der Waals surface area contributed by atoms with Crippen molar-refractivity contribution in [2.24, 2.45) is 5.92 Å². The van der Waals surface area contributed by atoms with Gasteiger partial charge in [-0.25, -0.2) is 0 Å². The summed E-state index contributed by atoms with van der Waals surface area (Å²) < 4.78 is 0. The smallest absolute Gasteiger partial charge is 0.237 e. The van der Waals surface area contributed by atoms with E-state index >= 15 is 0 Å². The Kier molecular flexibility index (Phi) is 4.40. The lowest BCUT2D eigenvalue weighted by Crippen LogP contribution is -2.51. The van der Waals surface area contributed by atoms with Gasteiger partial charge < -0.3 is 15.7 Å². The molecule has 0 aromatic carbocycles. The third kappa shape index (κ3) is 3.42. The predicted molar refractivity (Wildman–Crippen MR) is 66.6 cm³/mol. The number of aliphatic hydroxyl groups excluding tert-OH is 1. The molecular formula is C13H24N2O2. The van der Waals surface area contributed by atoms with Crippen LogP contribution in [0.4, 0.5) is 0 Å². The molecule has 17 heavy (non-hydrogen) atoms. The summed E-state index contributed by atoms with van der Waals surface area (Å²) in [6, 6.07) is 0.260. The summed E-state index contributed by atoms with van der Waals surface area (Å²) in [5, 5.41) is 16.0. The van der Waals surface area contributed by atoms with E-state index in [0.717, 1.165) is 38.6 Å². The van der Waals surface area contributed by atoms with E-state index in [2.05, 4.69) is 17.6 Å². The number of hydrogen-bond acceptors (Lipinski definition) is 3. The van der Waals surface area contributed by atoms with E-state index < -0.39 is 0 Å². The average Bonchev–Trinajstić information content (AvgIpc) is 2.35. The van der Waals surface area contributed by atoms with Crippen LogP contribution in [0.3, 0.4) is 0 Å². The summed E-state index contributed by atoms with van der Waals surface area (Å²) in [6.07, 6.45) is 5.71. The molecule has 98 valence electrons. The molecule has 1 aliphatic carbocycles. The second kappa shape index (κ2) is 5.83. The van der Waals surface area contributed by atoms with E-state index in [1.165, 1.54) is 6.42 Å². The SMILES string of the molecule is C[C@H]1C[C@@H](NC(=O)[C@H]2CCCCN2)CC[C@@H]1O. The number of hydrogen-bond donors (Lipinski definition) is 3. The summed E-state index contributed by atoms with van der Waals surface area (Å²) in [5.74, 6) is 0.451. The molecule has 2 aliphatic rings. The highest BCUT2D eigenvalue weighted by Gasteiger charge is 2.29. The minimum absolute atomic E-state index is 0.00547. The van der Waals surface area contributed by atoms with Crippen molar-refractivity contribution in [1.29, 1.82) is 0 Å². The summed E-state index contributed by atoms with van der Waals surface area (Å²) in [4.78, 5) is 12.0. The van der Waals surface area contributed by atoms with Crippen molar-refractivity contribution in [2.45, 2.75) is 63.6 Å². The van der Waals surface area contributed by atoms with Crippen LogP contribution in [0.5, 0.6) is 0 Å². The molecule has 2 rings (SSSR count). The fourth-order valence-electron chi connectivity index (χ4n) is 2.89. The largest absolute Gasteiger partial charge is 0.393 e. The Morgan fingerprint density at radius 2 is 2.12 bits per heavy atom. The van der Waals surface area contributed by atoms with E-state index in [-0.39, 0.29) is 24.1 Å². The minimum atomic E-state index is -0.184. The molecule has 1 saturated heterocycles. The summed E-state index contributed by atoms with van der Waals surface area (Å²) in [6.45, 7) is 3.01. The van der Waals surface area contributed by atoms with Crippen LogP contribution in [0.25, 0.3) is 0 Å².